The molecule has 0 saturated carbocycles. The fraction of sp³-hybridized carbons (Fsp3) is 0.750. The van der Waals surface area contributed by atoms with Gasteiger partial charge in [0.25, 0.3) is 0 Å². The quantitative estimate of drug-likeness (QED) is 0.818. The number of nitrogens with one attached hydrogen (secondary N) is 2. The van der Waals surface area contributed by atoms with E-state index in [2.05, 4.69) is 15.7 Å². The molecule has 0 spiro atoms. The summed E-state index contributed by atoms with van der Waals surface area (Å²) in [5, 5.41) is 11.2. The van der Waals surface area contributed by atoms with Gasteiger partial charge in [-0.25, -0.2) is 13.1 Å². The van der Waals surface area contributed by atoms with Crippen LogP contribution in [0, 0.1) is 12.8 Å². The van der Waals surface area contributed by atoms with Crippen LogP contribution < -0.4 is 10.6 Å². The zero-order valence-corrected chi connectivity index (χ0v) is 11.9. The van der Waals surface area contributed by atoms with Crippen molar-refractivity contribution in [1.82, 2.24) is 15.1 Å². The summed E-state index contributed by atoms with van der Waals surface area (Å²) < 4.78 is 24.8. The molecule has 2 aliphatic heterocycles. The van der Waals surface area contributed by atoms with Crippen LogP contribution in [0.5, 0.6) is 0 Å². The van der Waals surface area contributed by atoms with Gasteiger partial charge in [-0.05, 0) is 13.3 Å². The molecule has 1 fully saturated rings. The summed E-state index contributed by atoms with van der Waals surface area (Å²) >= 11 is 0. The van der Waals surface area contributed by atoms with Crippen LogP contribution in [0.3, 0.4) is 0 Å². The number of nitrogens with zero attached hydrogens (tertiary/aromatic N) is 2. The Morgan fingerprint density at radius 2 is 2.42 bits per heavy atom. The van der Waals surface area contributed by atoms with Crippen LogP contribution in [0.15, 0.2) is 6.07 Å². The van der Waals surface area contributed by atoms with Gasteiger partial charge in [0.2, 0.25) is 0 Å². The lowest BCUT2D eigenvalue weighted by atomic mass is 10.1. The molecule has 0 aromatic carbocycles. The van der Waals surface area contributed by atoms with Crippen LogP contribution >= 0.6 is 0 Å². The molecule has 1 aromatic rings. The Kier molecular flexibility index (Phi) is 3.26. The molecule has 3 rings (SSSR count). The summed E-state index contributed by atoms with van der Waals surface area (Å²) in [5.41, 5.74) is 1.03. The van der Waals surface area contributed by atoms with Crippen molar-refractivity contribution in [2.45, 2.75) is 25.9 Å². The smallest absolute Gasteiger partial charge is 0.151 e. The van der Waals surface area contributed by atoms with Crippen molar-refractivity contribution in [3.8, 4) is 0 Å². The predicted molar refractivity (Wildman–Crippen MR) is 74.0 cm³/mol. The highest BCUT2D eigenvalue weighted by atomic mass is 32.2. The maximum Gasteiger partial charge on any atom is 0.151 e. The van der Waals surface area contributed by atoms with Crippen LogP contribution in [0.1, 0.15) is 12.1 Å². The summed E-state index contributed by atoms with van der Waals surface area (Å²) in [6, 6.07) is 2.18. The molecule has 2 aliphatic rings. The minimum absolute atomic E-state index is 0.130. The summed E-state index contributed by atoms with van der Waals surface area (Å²) in [5.74, 6) is 2.15. The van der Waals surface area contributed by atoms with Gasteiger partial charge in [-0.3, -0.25) is 0 Å². The molecule has 0 bridgehead atoms. The van der Waals surface area contributed by atoms with Crippen LogP contribution in [-0.2, 0) is 16.4 Å². The molecule has 2 atom stereocenters. The second-order valence-electron chi connectivity index (χ2n) is 5.61. The van der Waals surface area contributed by atoms with Gasteiger partial charge in [-0.15, -0.1) is 0 Å². The summed E-state index contributed by atoms with van der Waals surface area (Å²) in [6.07, 6.45) is 0.745. The lowest BCUT2D eigenvalue weighted by Crippen LogP contribution is -2.40. The molecule has 19 heavy (non-hydrogen) atoms. The number of fused-ring (bicyclic) bond motifs is 1. The van der Waals surface area contributed by atoms with E-state index in [1.807, 2.05) is 17.7 Å². The summed E-state index contributed by atoms with van der Waals surface area (Å²) in [4.78, 5) is 0. The molecule has 7 heteroatoms. The first-order chi connectivity index (χ1) is 9.02. The molecule has 0 unspecified atom stereocenters. The van der Waals surface area contributed by atoms with Gasteiger partial charge in [-0.1, -0.05) is 0 Å². The first kappa shape index (κ1) is 12.9. The molecule has 0 aliphatic carbocycles. The average Bonchev–Trinajstić information content (AvgIpc) is 2.87. The average molecular weight is 284 g/mol. The van der Waals surface area contributed by atoms with Crippen LogP contribution in [-0.4, -0.2) is 48.8 Å². The Morgan fingerprint density at radius 3 is 3.16 bits per heavy atom. The predicted octanol–water partition coefficient (Wildman–Crippen LogP) is 0.00992. The first-order valence-corrected chi connectivity index (χ1v) is 8.56. The normalized spacial score (nSPS) is 28.9. The first-order valence-electron chi connectivity index (χ1n) is 6.74. The van der Waals surface area contributed by atoms with Gasteiger partial charge in [0.15, 0.2) is 9.84 Å². The van der Waals surface area contributed by atoms with E-state index in [9.17, 15) is 8.42 Å². The molecule has 0 radical (unpaired) electrons. The number of aryl methyl sites for hydroxylation is 1. The highest BCUT2D eigenvalue weighted by Gasteiger charge is 2.28. The zero-order valence-electron chi connectivity index (χ0n) is 11.1. The van der Waals surface area contributed by atoms with Crippen molar-refractivity contribution in [2.75, 3.05) is 29.9 Å². The van der Waals surface area contributed by atoms with Crippen LogP contribution in [0.4, 0.5) is 5.82 Å². The van der Waals surface area contributed by atoms with Gasteiger partial charge < -0.3 is 10.6 Å². The molecular weight excluding hydrogens is 264 g/mol. The minimum atomic E-state index is -2.79. The molecule has 2 N–H and O–H groups in total. The SMILES string of the molecule is Cc1cc2n(n1)C[C@H](CN[C@H]1CCS(=O)(=O)C1)CN2. The van der Waals surface area contributed by atoms with E-state index < -0.39 is 9.84 Å². The largest absolute Gasteiger partial charge is 0.370 e. The van der Waals surface area contributed by atoms with E-state index in [0.29, 0.717) is 17.4 Å². The summed E-state index contributed by atoms with van der Waals surface area (Å²) in [6.45, 7) is 4.63. The third-order valence-corrected chi connectivity index (χ3v) is 5.60. The number of hydrogen-bond donors (Lipinski definition) is 2. The molecule has 6 nitrogen and oxygen atoms in total. The lowest BCUT2D eigenvalue weighted by Gasteiger charge is -2.26. The van der Waals surface area contributed by atoms with Crippen molar-refractivity contribution in [1.29, 1.82) is 0 Å². The Morgan fingerprint density at radius 1 is 1.58 bits per heavy atom. The van der Waals surface area contributed by atoms with Gasteiger partial charge in [0, 0.05) is 37.7 Å². The molecule has 106 valence electrons. The maximum atomic E-state index is 11.4. The molecule has 1 aromatic heterocycles. The van der Waals surface area contributed by atoms with E-state index in [-0.39, 0.29) is 6.04 Å². The maximum absolute atomic E-state index is 11.4. The zero-order chi connectivity index (χ0) is 13.5. The molecular formula is C12H20N4O2S. The Bertz CT molecular complexity index is 566. The Balaban J connectivity index is 1.53. The van der Waals surface area contributed by atoms with Crippen molar-refractivity contribution in [3.05, 3.63) is 11.8 Å². The van der Waals surface area contributed by atoms with Crippen molar-refractivity contribution < 1.29 is 8.42 Å². The minimum Gasteiger partial charge on any atom is -0.370 e. The molecule has 3 heterocycles. The van der Waals surface area contributed by atoms with Crippen LogP contribution in [0.2, 0.25) is 0 Å². The van der Waals surface area contributed by atoms with E-state index in [1.54, 1.807) is 0 Å². The van der Waals surface area contributed by atoms with Gasteiger partial charge in [0.1, 0.15) is 5.82 Å². The third kappa shape index (κ3) is 2.92. The number of aromatic nitrogens is 2. The monoisotopic (exact) mass is 284 g/mol. The number of hydrogen-bond acceptors (Lipinski definition) is 5. The summed E-state index contributed by atoms with van der Waals surface area (Å²) in [7, 11) is -2.79. The second kappa shape index (κ2) is 4.79. The highest BCUT2D eigenvalue weighted by molar-refractivity contribution is 7.91. The van der Waals surface area contributed by atoms with E-state index >= 15 is 0 Å². The topological polar surface area (TPSA) is 76.0 Å². The molecule has 0 amide bonds. The van der Waals surface area contributed by atoms with Gasteiger partial charge >= 0.3 is 0 Å². The van der Waals surface area contributed by atoms with Crippen molar-refractivity contribution in [2.24, 2.45) is 5.92 Å². The van der Waals surface area contributed by atoms with E-state index in [4.69, 9.17) is 0 Å². The van der Waals surface area contributed by atoms with Gasteiger partial charge in [0.05, 0.1) is 17.2 Å². The van der Waals surface area contributed by atoms with E-state index in [1.165, 1.54) is 0 Å². The number of rotatable bonds is 3. The Hall–Kier alpha value is -1.08. The fourth-order valence-corrected chi connectivity index (χ4v) is 4.52. The van der Waals surface area contributed by atoms with Gasteiger partial charge in [-0.2, -0.15) is 5.10 Å². The Labute approximate surface area is 113 Å². The number of anilines is 1. The third-order valence-electron chi connectivity index (χ3n) is 3.83. The number of sulfone groups is 1. The van der Waals surface area contributed by atoms with Crippen molar-refractivity contribution >= 4 is 15.7 Å². The highest BCUT2D eigenvalue weighted by Crippen LogP contribution is 2.18. The fourth-order valence-electron chi connectivity index (χ4n) is 2.81. The van der Waals surface area contributed by atoms with E-state index in [0.717, 1.165) is 37.6 Å². The lowest BCUT2D eigenvalue weighted by molar-refractivity contribution is 0.375. The van der Waals surface area contributed by atoms with Crippen molar-refractivity contribution in [3.63, 3.8) is 0 Å². The second-order valence-corrected chi connectivity index (χ2v) is 7.84. The standard InChI is InChI=1S/C12H20N4O2S/c1-9-4-12-14-6-10(7-16(12)15-9)5-13-11-2-3-19(17,18)8-11/h4,10-11,13-14H,2-3,5-8H2,1H3/t10-,11+/m1/s1. The molecule has 1 saturated heterocycles. The van der Waals surface area contributed by atoms with Crippen LogP contribution in [0.25, 0.3) is 0 Å².